The van der Waals surface area contributed by atoms with Crippen LogP contribution in [0, 0.1) is 0 Å². The summed E-state index contributed by atoms with van der Waals surface area (Å²) in [4.78, 5) is 15.2. The van der Waals surface area contributed by atoms with Crippen molar-refractivity contribution in [1.29, 1.82) is 0 Å². The van der Waals surface area contributed by atoms with Crippen LogP contribution in [0.4, 0.5) is 0 Å². The number of phenols is 1. The van der Waals surface area contributed by atoms with E-state index >= 15 is 0 Å². The Morgan fingerprint density at radius 3 is 2.81 bits per heavy atom. The molecule has 0 aliphatic heterocycles. The lowest BCUT2D eigenvalue weighted by molar-refractivity contribution is -0.116. The molecule has 0 bridgehead atoms. The Morgan fingerprint density at radius 1 is 1.38 bits per heavy atom. The molecule has 0 radical (unpaired) electrons. The molecular formula is C12H10ClNO2. The first-order chi connectivity index (χ1) is 7.58. The lowest BCUT2D eigenvalue weighted by Crippen LogP contribution is -1.99. The molecule has 0 fully saturated rings. The SMILES string of the molecule is CC(=O)Cc1ccc2c(Cl)ccc(O)c2n1. The quantitative estimate of drug-likeness (QED) is 0.871. The zero-order chi connectivity index (χ0) is 11.7. The Bertz CT molecular complexity index is 566. The standard InChI is InChI=1S/C12H10ClNO2/c1-7(15)6-8-2-3-9-10(13)4-5-11(16)12(9)14-8/h2-5,16H,6H2,1H3. The summed E-state index contributed by atoms with van der Waals surface area (Å²) in [5, 5.41) is 10.9. The van der Waals surface area contributed by atoms with Crippen molar-refractivity contribution < 1.29 is 9.90 Å². The van der Waals surface area contributed by atoms with Crippen molar-refractivity contribution in [2.75, 3.05) is 0 Å². The maximum Gasteiger partial charge on any atom is 0.141 e. The Balaban J connectivity index is 2.61. The highest BCUT2D eigenvalue weighted by Gasteiger charge is 2.07. The Hall–Kier alpha value is -1.61. The van der Waals surface area contributed by atoms with Gasteiger partial charge in [0.1, 0.15) is 17.0 Å². The van der Waals surface area contributed by atoms with Crippen LogP contribution in [0.1, 0.15) is 12.6 Å². The summed E-state index contributed by atoms with van der Waals surface area (Å²) >= 11 is 5.97. The van der Waals surface area contributed by atoms with E-state index in [-0.39, 0.29) is 18.0 Å². The first-order valence-corrected chi connectivity index (χ1v) is 5.22. The number of benzene rings is 1. The highest BCUT2D eigenvalue weighted by atomic mass is 35.5. The number of fused-ring (bicyclic) bond motifs is 1. The van der Waals surface area contributed by atoms with E-state index in [4.69, 9.17) is 11.6 Å². The molecule has 4 heteroatoms. The molecule has 0 aliphatic rings. The molecule has 1 heterocycles. The number of halogens is 1. The molecular weight excluding hydrogens is 226 g/mol. The fraction of sp³-hybridized carbons (Fsp3) is 0.167. The molecule has 0 saturated carbocycles. The van der Waals surface area contributed by atoms with Crippen LogP contribution in [0.2, 0.25) is 5.02 Å². The summed E-state index contributed by atoms with van der Waals surface area (Å²) < 4.78 is 0. The van der Waals surface area contributed by atoms with E-state index in [0.717, 1.165) is 0 Å². The third-order valence-corrected chi connectivity index (χ3v) is 2.60. The third-order valence-electron chi connectivity index (χ3n) is 2.27. The van der Waals surface area contributed by atoms with Gasteiger partial charge in [0.15, 0.2) is 0 Å². The van der Waals surface area contributed by atoms with Crippen molar-refractivity contribution in [3.8, 4) is 5.75 Å². The minimum Gasteiger partial charge on any atom is -0.506 e. The first-order valence-electron chi connectivity index (χ1n) is 4.84. The summed E-state index contributed by atoms with van der Waals surface area (Å²) in [6.45, 7) is 1.50. The van der Waals surface area contributed by atoms with Gasteiger partial charge in [-0.15, -0.1) is 0 Å². The predicted molar refractivity (Wildman–Crippen MR) is 62.8 cm³/mol. The largest absolute Gasteiger partial charge is 0.506 e. The first kappa shape index (κ1) is 10.9. The topological polar surface area (TPSA) is 50.2 Å². The number of ketones is 1. The van der Waals surface area contributed by atoms with Gasteiger partial charge >= 0.3 is 0 Å². The number of rotatable bonds is 2. The minimum absolute atomic E-state index is 0.0355. The molecule has 2 aromatic rings. The number of carbonyl (C=O) groups is 1. The molecule has 1 aromatic carbocycles. The van der Waals surface area contributed by atoms with Gasteiger partial charge in [-0.3, -0.25) is 4.79 Å². The van der Waals surface area contributed by atoms with E-state index in [9.17, 15) is 9.90 Å². The normalized spacial score (nSPS) is 10.6. The third kappa shape index (κ3) is 1.99. The molecule has 1 aromatic heterocycles. The Morgan fingerprint density at radius 2 is 2.12 bits per heavy atom. The lowest BCUT2D eigenvalue weighted by Gasteiger charge is -2.04. The van der Waals surface area contributed by atoms with Crippen molar-refractivity contribution in [2.24, 2.45) is 0 Å². The second kappa shape index (κ2) is 4.10. The molecule has 0 saturated heterocycles. The Kier molecular flexibility index (Phi) is 2.79. The molecule has 82 valence electrons. The van der Waals surface area contributed by atoms with Gasteiger partial charge in [-0.1, -0.05) is 11.6 Å². The smallest absolute Gasteiger partial charge is 0.141 e. The zero-order valence-corrected chi connectivity index (χ0v) is 9.45. The van der Waals surface area contributed by atoms with Crippen LogP contribution >= 0.6 is 11.6 Å². The number of carbonyl (C=O) groups excluding carboxylic acids is 1. The van der Waals surface area contributed by atoms with Gasteiger partial charge in [0, 0.05) is 17.5 Å². The number of nitrogens with zero attached hydrogens (tertiary/aromatic N) is 1. The molecule has 0 atom stereocenters. The van der Waals surface area contributed by atoms with Gasteiger partial charge < -0.3 is 5.11 Å². The van der Waals surface area contributed by atoms with Crippen LogP contribution in [-0.4, -0.2) is 15.9 Å². The molecule has 3 nitrogen and oxygen atoms in total. The summed E-state index contributed by atoms with van der Waals surface area (Å²) in [5.74, 6) is 0.109. The highest BCUT2D eigenvalue weighted by molar-refractivity contribution is 6.35. The fourth-order valence-electron chi connectivity index (χ4n) is 1.56. The van der Waals surface area contributed by atoms with Gasteiger partial charge in [-0.2, -0.15) is 0 Å². The minimum atomic E-state index is 0.0355. The van der Waals surface area contributed by atoms with Gasteiger partial charge in [-0.25, -0.2) is 4.98 Å². The number of hydrogen-bond donors (Lipinski definition) is 1. The van der Waals surface area contributed by atoms with E-state index < -0.39 is 0 Å². The second-order valence-corrected chi connectivity index (χ2v) is 4.05. The maximum atomic E-state index is 11.0. The molecule has 0 aliphatic carbocycles. The van der Waals surface area contributed by atoms with Crippen molar-refractivity contribution in [3.05, 3.63) is 35.0 Å². The summed E-state index contributed by atoms with van der Waals surface area (Å²) in [6.07, 6.45) is 0.266. The molecule has 0 unspecified atom stereocenters. The summed E-state index contributed by atoms with van der Waals surface area (Å²) in [5.41, 5.74) is 1.07. The summed E-state index contributed by atoms with van der Waals surface area (Å²) in [6, 6.07) is 6.62. The van der Waals surface area contributed by atoms with Gasteiger partial charge in [0.2, 0.25) is 0 Å². The van der Waals surface area contributed by atoms with E-state index in [1.165, 1.54) is 13.0 Å². The molecule has 2 rings (SSSR count). The second-order valence-electron chi connectivity index (χ2n) is 3.64. The van der Waals surface area contributed by atoms with Crippen LogP contribution < -0.4 is 0 Å². The zero-order valence-electron chi connectivity index (χ0n) is 8.70. The summed E-state index contributed by atoms with van der Waals surface area (Å²) in [7, 11) is 0. The van der Waals surface area contributed by atoms with Gasteiger partial charge in [-0.05, 0) is 31.2 Å². The number of pyridine rings is 1. The van der Waals surface area contributed by atoms with Crippen LogP contribution in [0.3, 0.4) is 0 Å². The van der Waals surface area contributed by atoms with Crippen molar-refractivity contribution >= 4 is 28.3 Å². The predicted octanol–water partition coefficient (Wildman–Crippen LogP) is 2.73. The number of aromatic nitrogens is 1. The van der Waals surface area contributed by atoms with Crippen LogP contribution in [0.25, 0.3) is 10.9 Å². The number of Topliss-reactive ketones (excluding diaryl/α,β-unsaturated/α-hetero) is 1. The highest BCUT2D eigenvalue weighted by Crippen LogP contribution is 2.29. The molecule has 1 N–H and O–H groups in total. The van der Waals surface area contributed by atoms with Gasteiger partial charge in [0.05, 0.1) is 5.02 Å². The van der Waals surface area contributed by atoms with Gasteiger partial charge in [0.25, 0.3) is 0 Å². The van der Waals surface area contributed by atoms with E-state index in [2.05, 4.69) is 4.98 Å². The number of hydrogen-bond acceptors (Lipinski definition) is 3. The van der Waals surface area contributed by atoms with Crippen molar-refractivity contribution in [2.45, 2.75) is 13.3 Å². The number of phenolic OH excluding ortho intramolecular Hbond substituents is 1. The van der Waals surface area contributed by atoms with Crippen LogP contribution in [0.15, 0.2) is 24.3 Å². The monoisotopic (exact) mass is 235 g/mol. The molecule has 16 heavy (non-hydrogen) atoms. The molecule has 0 amide bonds. The average molecular weight is 236 g/mol. The van der Waals surface area contributed by atoms with E-state index in [1.54, 1.807) is 18.2 Å². The average Bonchev–Trinajstić information content (AvgIpc) is 2.23. The Labute approximate surface area is 97.7 Å². The maximum absolute atomic E-state index is 11.0. The van der Waals surface area contributed by atoms with Crippen molar-refractivity contribution in [1.82, 2.24) is 4.98 Å². The van der Waals surface area contributed by atoms with E-state index in [1.807, 2.05) is 0 Å². The fourth-order valence-corrected chi connectivity index (χ4v) is 1.78. The molecule has 0 spiro atoms. The van der Waals surface area contributed by atoms with Crippen LogP contribution in [0.5, 0.6) is 5.75 Å². The van der Waals surface area contributed by atoms with E-state index in [0.29, 0.717) is 21.6 Å². The van der Waals surface area contributed by atoms with Crippen molar-refractivity contribution in [3.63, 3.8) is 0 Å². The number of aromatic hydroxyl groups is 1. The lowest BCUT2D eigenvalue weighted by atomic mass is 10.1. The van der Waals surface area contributed by atoms with Crippen LogP contribution in [-0.2, 0) is 11.2 Å².